The van der Waals surface area contributed by atoms with Crippen LogP contribution < -0.4 is 10.6 Å². The fourth-order valence-electron chi connectivity index (χ4n) is 3.53. The third-order valence-corrected chi connectivity index (χ3v) is 5.06. The number of aliphatic imine (C=N–C) groups is 1. The minimum atomic E-state index is 0. The second-order valence-corrected chi connectivity index (χ2v) is 6.70. The highest BCUT2D eigenvalue weighted by molar-refractivity contribution is 14.0. The molecule has 0 spiro atoms. The second kappa shape index (κ2) is 10.4. The zero-order valence-electron chi connectivity index (χ0n) is 15.9. The van der Waals surface area contributed by atoms with Crippen LogP contribution >= 0.6 is 24.0 Å². The Labute approximate surface area is 177 Å². The number of rotatable bonds is 4. The van der Waals surface area contributed by atoms with Crippen LogP contribution in [0, 0.1) is 5.92 Å². The summed E-state index contributed by atoms with van der Waals surface area (Å²) in [7, 11) is 3.52. The van der Waals surface area contributed by atoms with Crippen LogP contribution in [-0.4, -0.2) is 48.9 Å². The third-order valence-electron chi connectivity index (χ3n) is 5.06. The predicted molar refractivity (Wildman–Crippen MR) is 120 cm³/mol. The van der Waals surface area contributed by atoms with Gasteiger partial charge in [-0.25, -0.2) is 0 Å². The van der Waals surface area contributed by atoms with Gasteiger partial charge in [-0.05, 0) is 36.5 Å². The van der Waals surface area contributed by atoms with E-state index in [4.69, 9.17) is 0 Å². The molecule has 0 atom stereocenters. The van der Waals surface area contributed by atoms with Crippen LogP contribution in [-0.2, 0) is 11.3 Å². The molecule has 1 fully saturated rings. The van der Waals surface area contributed by atoms with Gasteiger partial charge in [-0.2, -0.15) is 0 Å². The molecule has 1 saturated heterocycles. The molecule has 27 heavy (non-hydrogen) atoms. The molecule has 0 saturated carbocycles. The molecule has 2 aromatic rings. The van der Waals surface area contributed by atoms with Gasteiger partial charge in [0.15, 0.2) is 5.96 Å². The molecule has 1 amide bonds. The minimum Gasteiger partial charge on any atom is -0.359 e. The van der Waals surface area contributed by atoms with Crippen molar-refractivity contribution in [1.29, 1.82) is 0 Å². The number of aromatic nitrogens is 1. The first-order valence-electron chi connectivity index (χ1n) is 9.20. The standard InChI is InChI=1S/C20H27N5O.HI/c1-21-19(26)13-15-8-11-25(12-9-15)20(22-2)24-14-16-7-10-23-18-6-4-3-5-17(16)18;/h3-7,10,15H,8-9,11-14H2,1-2H3,(H,21,26)(H,22,24);1H. The van der Waals surface area contributed by atoms with Crippen molar-refractivity contribution in [3.05, 3.63) is 42.1 Å². The molecule has 1 aliphatic rings. The van der Waals surface area contributed by atoms with E-state index in [0.717, 1.165) is 37.4 Å². The molecule has 6 nitrogen and oxygen atoms in total. The Morgan fingerprint density at radius 2 is 2.00 bits per heavy atom. The van der Waals surface area contributed by atoms with Crippen molar-refractivity contribution in [2.45, 2.75) is 25.8 Å². The van der Waals surface area contributed by atoms with Gasteiger partial charge in [0.2, 0.25) is 5.91 Å². The van der Waals surface area contributed by atoms with Gasteiger partial charge in [-0.1, -0.05) is 18.2 Å². The molecule has 3 rings (SSSR count). The number of hydrogen-bond donors (Lipinski definition) is 2. The van der Waals surface area contributed by atoms with E-state index in [1.165, 1.54) is 10.9 Å². The molecule has 2 heterocycles. The summed E-state index contributed by atoms with van der Waals surface area (Å²) in [6.45, 7) is 2.57. The van der Waals surface area contributed by atoms with Crippen molar-refractivity contribution in [3.8, 4) is 0 Å². The first-order chi connectivity index (χ1) is 12.7. The molecule has 1 aliphatic heterocycles. The maximum Gasteiger partial charge on any atom is 0.220 e. The van der Waals surface area contributed by atoms with E-state index < -0.39 is 0 Å². The van der Waals surface area contributed by atoms with E-state index in [-0.39, 0.29) is 29.9 Å². The highest BCUT2D eigenvalue weighted by Gasteiger charge is 2.23. The fraction of sp³-hybridized carbons (Fsp3) is 0.450. The van der Waals surface area contributed by atoms with Crippen LogP contribution in [0.3, 0.4) is 0 Å². The maximum absolute atomic E-state index is 11.6. The monoisotopic (exact) mass is 481 g/mol. The summed E-state index contributed by atoms with van der Waals surface area (Å²) in [4.78, 5) is 22.7. The Kier molecular flexibility index (Phi) is 8.27. The van der Waals surface area contributed by atoms with Crippen molar-refractivity contribution in [1.82, 2.24) is 20.5 Å². The number of para-hydroxylation sites is 1. The summed E-state index contributed by atoms with van der Waals surface area (Å²) in [5.41, 5.74) is 2.23. The molecule has 2 N–H and O–H groups in total. The smallest absolute Gasteiger partial charge is 0.220 e. The van der Waals surface area contributed by atoms with E-state index in [9.17, 15) is 4.79 Å². The van der Waals surface area contributed by atoms with Crippen LogP contribution in [0.1, 0.15) is 24.8 Å². The highest BCUT2D eigenvalue weighted by Crippen LogP contribution is 2.21. The highest BCUT2D eigenvalue weighted by atomic mass is 127. The Hall–Kier alpha value is -1.90. The molecular formula is C20H28IN5O. The number of hydrogen-bond acceptors (Lipinski definition) is 3. The van der Waals surface area contributed by atoms with E-state index >= 15 is 0 Å². The zero-order chi connectivity index (χ0) is 18.4. The van der Waals surface area contributed by atoms with Crippen LogP contribution in [0.25, 0.3) is 10.9 Å². The number of halogens is 1. The number of benzene rings is 1. The summed E-state index contributed by atoms with van der Waals surface area (Å²) in [6.07, 6.45) is 4.52. The van der Waals surface area contributed by atoms with Gasteiger partial charge in [0, 0.05) is 51.7 Å². The zero-order valence-corrected chi connectivity index (χ0v) is 18.3. The summed E-state index contributed by atoms with van der Waals surface area (Å²) >= 11 is 0. The van der Waals surface area contributed by atoms with Gasteiger partial charge < -0.3 is 15.5 Å². The average Bonchev–Trinajstić information content (AvgIpc) is 2.69. The van der Waals surface area contributed by atoms with Gasteiger partial charge in [0.25, 0.3) is 0 Å². The quantitative estimate of drug-likeness (QED) is 0.401. The normalized spacial score (nSPS) is 15.3. The summed E-state index contributed by atoms with van der Waals surface area (Å²) < 4.78 is 0. The molecule has 1 aromatic heterocycles. The molecule has 7 heteroatoms. The summed E-state index contributed by atoms with van der Waals surface area (Å²) in [6, 6.07) is 10.2. The minimum absolute atomic E-state index is 0. The van der Waals surface area contributed by atoms with Crippen molar-refractivity contribution >= 4 is 46.7 Å². The lowest BCUT2D eigenvalue weighted by molar-refractivity contribution is -0.121. The third kappa shape index (κ3) is 5.54. The van der Waals surface area contributed by atoms with Gasteiger partial charge in [0.1, 0.15) is 0 Å². The number of nitrogens with one attached hydrogen (secondary N) is 2. The summed E-state index contributed by atoms with van der Waals surface area (Å²) in [5.74, 6) is 1.52. The lowest BCUT2D eigenvalue weighted by atomic mass is 9.93. The number of carbonyl (C=O) groups excluding carboxylic acids is 1. The SMILES string of the molecule is CN=C(NCc1ccnc2ccccc12)N1CCC(CC(=O)NC)CC1.I. The number of piperidine rings is 1. The molecule has 0 aliphatic carbocycles. The number of fused-ring (bicyclic) bond motifs is 1. The predicted octanol–water partition coefficient (Wildman–Crippen LogP) is 2.78. The van der Waals surface area contributed by atoms with E-state index in [1.54, 1.807) is 7.05 Å². The number of pyridine rings is 1. The van der Waals surface area contributed by atoms with Crippen LogP contribution in [0.4, 0.5) is 0 Å². The fourth-order valence-corrected chi connectivity index (χ4v) is 3.53. The first kappa shape index (κ1) is 21.4. The second-order valence-electron chi connectivity index (χ2n) is 6.70. The average molecular weight is 481 g/mol. The van der Waals surface area contributed by atoms with Crippen molar-refractivity contribution in [3.63, 3.8) is 0 Å². The number of likely N-dealkylation sites (tertiary alicyclic amines) is 1. The molecule has 146 valence electrons. The number of guanidine groups is 1. The molecular weight excluding hydrogens is 453 g/mol. The number of carbonyl (C=O) groups is 1. The molecule has 0 bridgehead atoms. The molecule has 1 aromatic carbocycles. The van der Waals surface area contributed by atoms with Gasteiger partial charge in [-0.15, -0.1) is 24.0 Å². The van der Waals surface area contributed by atoms with Crippen molar-refractivity contribution in [2.75, 3.05) is 27.2 Å². The maximum atomic E-state index is 11.6. The first-order valence-corrected chi connectivity index (χ1v) is 9.20. The largest absolute Gasteiger partial charge is 0.359 e. The van der Waals surface area contributed by atoms with Gasteiger partial charge in [-0.3, -0.25) is 14.8 Å². The Bertz CT molecular complexity index is 782. The topological polar surface area (TPSA) is 69.6 Å². The Balaban J connectivity index is 0.00000261. The molecule has 0 unspecified atom stereocenters. The van der Waals surface area contributed by atoms with Crippen molar-refractivity contribution < 1.29 is 4.79 Å². The summed E-state index contributed by atoms with van der Waals surface area (Å²) in [5, 5.41) is 7.37. The van der Waals surface area contributed by atoms with Gasteiger partial charge >= 0.3 is 0 Å². The molecule has 0 radical (unpaired) electrons. The number of nitrogens with zero attached hydrogens (tertiary/aromatic N) is 3. The van der Waals surface area contributed by atoms with E-state index in [1.807, 2.05) is 31.4 Å². The number of amides is 1. The van der Waals surface area contributed by atoms with Crippen LogP contribution in [0.15, 0.2) is 41.5 Å². The Morgan fingerprint density at radius 1 is 1.26 bits per heavy atom. The van der Waals surface area contributed by atoms with E-state index in [0.29, 0.717) is 18.9 Å². The van der Waals surface area contributed by atoms with Crippen LogP contribution in [0.2, 0.25) is 0 Å². The lowest BCUT2D eigenvalue weighted by Crippen LogP contribution is -2.45. The van der Waals surface area contributed by atoms with Crippen molar-refractivity contribution in [2.24, 2.45) is 10.9 Å². The van der Waals surface area contributed by atoms with E-state index in [2.05, 4.69) is 37.6 Å². The lowest BCUT2D eigenvalue weighted by Gasteiger charge is -2.34. The van der Waals surface area contributed by atoms with Crippen LogP contribution in [0.5, 0.6) is 0 Å². The van der Waals surface area contributed by atoms with Gasteiger partial charge in [0.05, 0.1) is 5.52 Å². The Morgan fingerprint density at radius 3 is 2.70 bits per heavy atom.